The van der Waals surface area contributed by atoms with Crippen LogP contribution < -0.4 is 9.08 Å². The van der Waals surface area contributed by atoms with Crippen LogP contribution in [0.15, 0.2) is 47.4 Å². The summed E-state index contributed by atoms with van der Waals surface area (Å²) in [6.07, 6.45) is 0. The lowest BCUT2D eigenvalue weighted by Gasteiger charge is -2.35. The van der Waals surface area contributed by atoms with Crippen molar-refractivity contribution in [1.29, 1.82) is 0 Å². The quantitative estimate of drug-likeness (QED) is 0.748. The van der Waals surface area contributed by atoms with Crippen molar-refractivity contribution in [3.8, 4) is 5.75 Å². The number of halogens is 1. The van der Waals surface area contributed by atoms with Crippen molar-refractivity contribution in [2.45, 2.75) is 18.7 Å². The van der Waals surface area contributed by atoms with E-state index < -0.39 is 15.9 Å². The van der Waals surface area contributed by atoms with Crippen LogP contribution in [0, 0.1) is 12.7 Å². The van der Waals surface area contributed by atoms with Gasteiger partial charge in [0, 0.05) is 38.8 Å². The van der Waals surface area contributed by atoms with E-state index in [-0.39, 0.29) is 16.6 Å². The Bertz CT molecular complexity index is 937. The van der Waals surface area contributed by atoms with Crippen molar-refractivity contribution in [2.24, 2.45) is 0 Å². The summed E-state index contributed by atoms with van der Waals surface area (Å²) in [5.41, 5.74) is 1.28. The van der Waals surface area contributed by atoms with Gasteiger partial charge in [0.25, 0.3) is 0 Å². The minimum Gasteiger partial charge on any atom is -0.379 e. The summed E-state index contributed by atoms with van der Waals surface area (Å²) < 4.78 is 43.4. The first-order chi connectivity index (χ1) is 12.8. The number of rotatable bonds is 4. The second kappa shape index (κ2) is 7.56. The third-order valence-corrected chi connectivity index (χ3v) is 5.81. The number of aryl methyl sites for hydroxylation is 1. The van der Waals surface area contributed by atoms with Gasteiger partial charge in [-0.25, -0.2) is 4.39 Å². The van der Waals surface area contributed by atoms with Gasteiger partial charge in [0.2, 0.25) is 5.91 Å². The fourth-order valence-electron chi connectivity index (χ4n) is 2.90. The average molecular weight is 392 g/mol. The van der Waals surface area contributed by atoms with Gasteiger partial charge in [-0.15, -0.1) is 0 Å². The molecule has 2 aromatic rings. The molecule has 0 atom stereocenters. The Morgan fingerprint density at radius 2 is 1.67 bits per heavy atom. The molecule has 0 saturated carbocycles. The van der Waals surface area contributed by atoms with Crippen LogP contribution in [-0.4, -0.2) is 45.4 Å². The molecule has 1 aliphatic rings. The highest BCUT2D eigenvalue weighted by atomic mass is 32.2. The van der Waals surface area contributed by atoms with E-state index >= 15 is 0 Å². The van der Waals surface area contributed by atoms with Crippen LogP contribution in [-0.2, 0) is 14.9 Å². The maximum absolute atomic E-state index is 13.6. The number of amides is 1. The molecular weight excluding hydrogens is 371 g/mol. The maximum atomic E-state index is 13.6. The first kappa shape index (κ1) is 19.2. The van der Waals surface area contributed by atoms with E-state index in [9.17, 15) is 17.6 Å². The molecule has 1 heterocycles. The summed E-state index contributed by atoms with van der Waals surface area (Å²) in [5, 5.41) is 0. The molecule has 27 heavy (non-hydrogen) atoms. The molecule has 0 radical (unpaired) electrons. The van der Waals surface area contributed by atoms with Gasteiger partial charge in [-0.2, -0.15) is 8.42 Å². The Hall–Kier alpha value is -2.61. The number of carbonyl (C=O) groups excluding carboxylic acids is 1. The zero-order valence-corrected chi connectivity index (χ0v) is 16.0. The van der Waals surface area contributed by atoms with E-state index in [2.05, 4.69) is 4.90 Å². The van der Waals surface area contributed by atoms with Crippen molar-refractivity contribution >= 4 is 21.7 Å². The Morgan fingerprint density at radius 3 is 2.22 bits per heavy atom. The summed E-state index contributed by atoms with van der Waals surface area (Å²) >= 11 is 0. The molecule has 1 aliphatic heterocycles. The summed E-state index contributed by atoms with van der Waals surface area (Å²) in [6, 6.07) is 10.3. The molecule has 1 amide bonds. The molecule has 144 valence electrons. The van der Waals surface area contributed by atoms with E-state index in [1.165, 1.54) is 12.1 Å². The number of anilines is 1. The normalized spacial score (nSPS) is 14.9. The van der Waals surface area contributed by atoms with Gasteiger partial charge in [0.15, 0.2) is 0 Å². The second-order valence-corrected chi connectivity index (χ2v) is 7.98. The molecular formula is C19H21FN2O4S. The minimum atomic E-state index is -4.10. The predicted octanol–water partition coefficient (Wildman–Crippen LogP) is 2.57. The van der Waals surface area contributed by atoms with Crippen molar-refractivity contribution in [3.63, 3.8) is 0 Å². The highest BCUT2D eigenvalue weighted by Gasteiger charge is 2.20. The van der Waals surface area contributed by atoms with Crippen LogP contribution in [0.4, 0.5) is 10.1 Å². The predicted molar refractivity (Wildman–Crippen MR) is 99.9 cm³/mol. The number of nitrogens with zero attached hydrogens (tertiary/aromatic N) is 2. The molecule has 0 aromatic heterocycles. The molecule has 3 rings (SSSR count). The summed E-state index contributed by atoms with van der Waals surface area (Å²) in [7, 11) is -4.10. The molecule has 0 bridgehead atoms. The van der Waals surface area contributed by atoms with E-state index in [1.54, 1.807) is 43.0 Å². The Kier molecular flexibility index (Phi) is 5.36. The molecule has 1 saturated heterocycles. The smallest absolute Gasteiger partial charge is 0.339 e. The number of hydrogen-bond acceptors (Lipinski definition) is 5. The third-order valence-electron chi connectivity index (χ3n) is 4.56. The van der Waals surface area contributed by atoms with Crippen LogP contribution in [0.2, 0.25) is 0 Å². The first-order valence-electron chi connectivity index (χ1n) is 8.57. The molecule has 8 heteroatoms. The topological polar surface area (TPSA) is 66.9 Å². The number of carbonyl (C=O) groups is 1. The minimum absolute atomic E-state index is 0.0659. The molecule has 6 nitrogen and oxygen atoms in total. The SMILES string of the molecule is CC(=O)N1CCN(c2ccc(OS(=O)(=O)c3ccc(C)c(F)c3)cc2)CC1. The largest absolute Gasteiger partial charge is 0.379 e. The van der Waals surface area contributed by atoms with Gasteiger partial charge in [-0.05, 0) is 48.9 Å². The summed E-state index contributed by atoms with van der Waals surface area (Å²) in [6.45, 7) is 5.84. The number of piperazine rings is 1. The van der Waals surface area contributed by atoms with E-state index in [0.717, 1.165) is 11.8 Å². The van der Waals surface area contributed by atoms with Gasteiger partial charge >= 0.3 is 10.1 Å². The summed E-state index contributed by atoms with van der Waals surface area (Å²) in [4.78, 5) is 15.1. The molecule has 0 unspecified atom stereocenters. The highest BCUT2D eigenvalue weighted by molar-refractivity contribution is 7.87. The molecule has 0 spiro atoms. The number of benzene rings is 2. The molecule has 0 aliphatic carbocycles. The fraction of sp³-hybridized carbons (Fsp3) is 0.316. The lowest BCUT2D eigenvalue weighted by molar-refractivity contribution is -0.129. The lowest BCUT2D eigenvalue weighted by atomic mass is 10.2. The van der Waals surface area contributed by atoms with Gasteiger partial charge in [0.1, 0.15) is 16.5 Å². The standard InChI is InChI=1S/C19H21FN2O4S/c1-14-3-8-18(13-19(14)20)27(24,25)26-17-6-4-16(5-7-17)22-11-9-21(10-12-22)15(2)23/h3-8,13H,9-12H2,1-2H3. The Morgan fingerprint density at radius 1 is 1.04 bits per heavy atom. The van der Waals surface area contributed by atoms with E-state index in [1.807, 2.05) is 0 Å². The van der Waals surface area contributed by atoms with Crippen molar-refractivity contribution in [1.82, 2.24) is 4.90 Å². The van der Waals surface area contributed by atoms with Crippen molar-refractivity contribution < 1.29 is 21.8 Å². The zero-order chi connectivity index (χ0) is 19.6. The van der Waals surface area contributed by atoms with Crippen LogP contribution in [0.1, 0.15) is 12.5 Å². The number of hydrogen-bond donors (Lipinski definition) is 0. The zero-order valence-electron chi connectivity index (χ0n) is 15.2. The Balaban J connectivity index is 1.68. The summed E-state index contributed by atoms with van der Waals surface area (Å²) in [5.74, 6) is -0.377. The molecule has 1 fully saturated rings. The van der Waals surface area contributed by atoms with Gasteiger partial charge < -0.3 is 14.0 Å². The van der Waals surface area contributed by atoms with Gasteiger partial charge in [0.05, 0.1) is 0 Å². The van der Waals surface area contributed by atoms with Crippen molar-refractivity contribution in [2.75, 3.05) is 31.1 Å². The van der Waals surface area contributed by atoms with Crippen molar-refractivity contribution in [3.05, 3.63) is 53.8 Å². The van der Waals surface area contributed by atoms with Crippen LogP contribution in [0.25, 0.3) is 0 Å². The van der Waals surface area contributed by atoms with Gasteiger partial charge in [-0.3, -0.25) is 4.79 Å². The monoisotopic (exact) mass is 392 g/mol. The first-order valence-corrected chi connectivity index (χ1v) is 9.98. The molecule has 2 aromatic carbocycles. The Labute approximate surface area is 158 Å². The van der Waals surface area contributed by atoms with Crippen LogP contribution in [0.3, 0.4) is 0 Å². The second-order valence-electron chi connectivity index (χ2n) is 6.44. The van der Waals surface area contributed by atoms with Crippen LogP contribution in [0.5, 0.6) is 5.75 Å². The van der Waals surface area contributed by atoms with Crippen LogP contribution >= 0.6 is 0 Å². The average Bonchev–Trinajstić information content (AvgIpc) is 2.64. The molecule has 0 N–H and O–H groups in total. The van der Waals surface area contributed by atoms with E-state index in [4.69, 9.17) is 4.18 Å². The lowest BCUT2D eigenvalue weighted by Crippen LogP contribution is -2.48. The highest BCUT2D eigenvalue weighted by Crippen LogP contribution is 2.24. The van der Waals surface area contributed by atoms with E-state index in [0.29, 0.717) is 31.7 Å². The van der Waals surface area contributed by atoms with Gasteiger partial charge in [-0.1, -0.05) is 6.07 Å². The fourth-order valence-corrected chi connectivity index (χ4v) is 3.84. The third kappa shape index (κ3) is 4.39. The maximum Gasteiger partial charge on any atom is 0.339 e.